The van der Waals surface area contributed by atoms with Crippen molar-refractivity contribution >= 4 is 34.0 Å². The number of carbonyl (C=O) groups excluding carboxylic acids is 3. The predicted octanol–water partition coefficient (Wildman–Crippen LogP) is 1.74. The summed E-state index contributed by atoms with van der Waals surface area (Å²) in [4.78, 5) is 45.5. The van der Waals surface area contributed by atoms with Crippen molar-refractivity contribution in [1.29, 1.82) is 0 Å². The molecule has 144 valence electrons. The first-order valence-electron chi connectivity index (χ1n) is 9.12. The Hall–Kier alpha value is -2.42. The Bertz CT molecular complexity index is 923. The molecule has 0 saturated carbocycles. The Morgan fingerprint density at radius 3 is 2.67 bits per heavy atom. The van der Waals surface area contributed by atoms with Crippen molar-refractivity contribution in [3.05, 3.63) is 23.1 Å². The van der Waals surface area contributed by atoms with E-state index in [2.05, 4.69) is 15.1 Å². The number of amides is 4. The number of piperidine rings is 1. The van der Waals surface area contributed by atoms with Gasteiger partial charge in [-0.05, 0) is 33.6 Å². The Balaban J connectivity index is 1.39. The fourth-order valence-corrected chi connectivity index (χ4v) is 4.81. The van der Waals surface area contributed by atoms with Crippen LogP contribution >= 0.6 is 11.3 Å². The van der Waals surface area contributed by atoms with Crippen molar-refractivity contribution in [1.82, 2.24) is 24.5 Å². The van der Waals surface area contributed by atoms with Crippen LogP contribution in [0.2, 0.25) is 0 Å². The molecule has 0 bridgehead atoms. The van der Waals surface area contributed by atoms with Gasteiger partial charge in [-0.15, -0.1) is 11.3 Å². The number of fused-ring (bicyclic) bond motifs is 1. The number of urea groups is 1. The molecule has 2 fully saturated rings. The van der Waals surface area contributed by atoms with Gasteiger partial charge in [-0.2, -0.15) is 0 Å². The smallest absolute Gasteiger partial charge is 0.325 e. The van der Waals surface area contributed by atoms with Gasteiger partial charge in [0.25, 0.3) is 5.91 Å². The average Bonchev–Trinajstić information content (AvgIpc) is 3.27. The van der Waals surface area contributed by atoms with Gasteiger partial charge in [-0.25, -0.2) is 9.78 Å². The zero-order valence-corrected chi connectivity index (χ0v) is 16.5. The fraction of sp³-hybridized carbons (Fsp3) is 0.556. The van der Waals surface area contributed by atoms with E-state index in [-0.39, 0.29) is 18.4 Å². The van der Waals surface area contributed by atoms with Crippen molar-refractivity contribution in [3.8, 4) is 0 Å². The van der Waals surface area contributed by atoms with Crippen molar-refractivity contribution in [2.75, 3.05) is 19.6 Å². The van der Waals surface area contributed by atoms with Gasteiger partial charge in [0.1, 0.15) is 22.7 Å². The summed E-state index contributed by atoms with van der Waals surface area (Å²) < 4.78 is 2.11. The number of hydrogen-bond acceptors (Lipinski definition) is 5. The summed E-state index contributed by atoms with van der Waals surface area (Å²) >= 11 is 1.69. The SMILES string of the molecule is Cc1nc(C2CCN(C(=O)CN3C(=O)NC(C)(C)C3=O)CC2)c2sccn12. The molecule has 9 heteroatoms. The molecule has 0 aromatic carbocycles. The van der Waals surface area contributed by atoms with Crippen LogP contribution in [0.25, 0.3) is 4.83 Å². The van der Waals surface area contributed by atoms with E-state index in [1.807, 2.05) is 13.1 Å². The third-order valence-corrected chi connectivity index (χ3v) is 6.32. The number of likely N-dealkylation sites (tertiary alicyclic amines) is 1. The molecule has 0 unspecified atom stereocenters. The number of thiazole rings is 1. The van der Waals surface area contributed by atoms with Gasteiger partial charge in [-0.1, -0.05) is 0 Å². The third-order valence-electron chi connectivity index (χ3n) is 5.43. The number of nitrogens with one attached hydrogen (secondary N) is 1. The van der Waals surface area contributed by atoms with Crippen LogP contribution in [0.5, 0.6) is 0 Å². The van der Waals surface area contributed by atoms with Gasteiger partial charge in [0, 0.05) is 30.6 Å². The molecule has 4 heterocycles. The topological polar surface area (TPSA) is 87.0 Å². The fourth-order valence-electron chi connectivity index (χ4n) is 3.86. The quantitative estimate of drug-likeness (QED) is 0.810. The van der Waals surface area contributed by atoms with Crippen LogP contribution in [0.3, 0.4) is 0 Å². The zero-order valence-electron chi connectivity index (χ0n) is 15.7. The summed E-state index contributed by atoms with van der Waals surface area (Å²) in [6.07, 6.45) is 3.70. The van der Waals surface area contributed by atoms with E-state index >= 15 is 0 Å². The first-order valence-corrected chi connectivity index (χ1v) is 10.00. The molecule has 4 amide bonds. The van der Waals surface area contributed by atoms with E-state index in [0.717, 1.165) is 29.3 Å². The molecule has 2 aliphatic heterocycles. The monoisotopic (exact) mass is 389 g/mol. The lowest BCUT2D eigenvalue weighted by atomic mass is 9.94. The summed E-state index contributed by atoms with van der Waals surface area (Å²) in [5.74, 6) is 0.772. The number of hydrogen-bond donors (Lipinski definition) is 1. The highest BCUT2D eigenvalue weighted by atomic mass is 32.1. The standard InChI is InChI=1S/C18H23N5O3S/c1-11-19-14(15-22(11)8-9-27-15)12-4-6-21(7-5-12)13(24)10-23-16(25)18(2,3)20-17(23)26/h8-9,12H,4-7,10H2,1-3H3,(H,20,26). The van der Waals surface area contributed by atoms with Crippen LogP contribution in [0.4, 0.5) is 4.79 Å². The van der Waals surface area contributed by atoms with E-state index in [1.54, 1.807) is 30.1 Å². The van der Waals surface area contributed by atoms with E-state index in [0.29, 0.717) is 19.0 Å². The molecule has 1 N–H and O–H groups in total. The summed E-state index contributed by atoms with van der Waals surface area (Å²) in [6.45, 7) is 6.31. The van der Waals surface area contributed by atoms with E-state index < -0.39 is 11.6 Å². The summed E-state index contributed by atoms with van der Waals surface area (Å²) in [5, 5.41) is 4.67. The molecule has 4 rings (SSSR count). The Morgan fingerprint density at radius 2 is 2.04 bits per heavy atom. The van der Waals surface area contributed by atoms with Gasteiger partial charge in [0.2, 0.25) is 5.91 Å². The molecule has 0 atom stereocenters. The summed E-state index contributed by atoms with van der Waals surface area (Å²) in [6, 6.07) is -0.498. The van der Waals surface area contributed by atoms with Crippen LogP contribution < -0.4 is 5.32 Å². The van der Waals surface area contributed by atoms with Crippen LogP contribution in [0, 0.1) is 6.92 Å². The highest BCUT2D eigenvalue weighted by molar-refractivity contribution is 7.15. The van der Waals surface area contributed by atoms with E-state index in [9.17, 15) is 14.4 Å². The number of nitrogens with zero attached hydrogens (tertiary/aromatic N) is 4. The summed E-state index contributed by atoms with van der Waals surface area (Å²) in [7, 11) is 0. The van der Waals surface area contributed by atoms with Gasteiger partial charge < -0.3 is 10.2 Å². The van der Waals surface area contributed by atoms with Gasteiger partial charge in [0.05, 0.1) is 5.69 Å². The molecular formula is C18H23N5O3S. The van der Waals surface area contributed by atoms with Gasteiger partial charge in [-0.3, -0.25) is 18.9 Å². The van der Waals surface area contributed by atoms with E-state index in [4.69, 9.17) is 4.98 Å². The molecule has 27 heavy (non-hydrogen) atoms. The number of carbonyl (C=O) groups is 3. The van der Waals surface area contributed by atoms with Gasteiger partial charge in [0.15, 0.2) is 0 Å². The van der Waals surface area contributed by atoms with Crippen LogP contribution in [0.1, 0.15) is 44.1 Å². The maximum atomic E-state index is 12.6. The Kier molecular flexibility index (Phi) is 4.21. The van der Waals surface area contributed by atoms with Crippen molar-refractivity contribution in [2.45, 2.75) is 45.1 Å². The van der Waals surface area contributed by atoms with Crippen LogP contribution in [-0.2, 0) is 9.59 Å². The summed E-state index contributed by atoms with van der Waals surface area (Å²) in [5.41, 5.74) is 0.167. The van der Waals surface area contributed by atoms with Gasteiger partial charge >= 0.3 is 6.03 Å². The molecule has 0 radical (unpaired) electrons. The molecule has 2 saturated heterocycles. The second kappa shape index (κ2) is 6.33. The van der Waals surface area contributed by atoms with Crippen molar-refractivity contribution < 1.29 is 14.4 Å². The largest absolute Gasteiger partial charge is 0.341 e. The highest BCUT2D eigenvalue weighted by Crippen LogP contribution is 2.33. The average molecular weight is 389 g/mol. The second-order valence-electron chi connectivity index (χ2n) is 7.72. The number of aryl methyl sites for hydroxylation is 1. The maximum Gasteiger partial charge on any atom is 0.325 e. The third kappa shape index (κ3) is 2.99. The minimum atomic E-state index is -0.949. The molecule has 8 nitrogen and oxygen atoms in total. The Morgan fingerprint density at radius 1 is 1.33 bits per heavy atom. The number of rotatable bonds is 3. The van der Waals surface area contributed by atoms with Crippen molar-refractivity contribution in [2.24, 2.45) is 0 Å². The Labute approximate surface area is 161 Å². The number of imide groups is 1. The number of imidazole rings is 1. The maximum absolute atomic E-state index is 12.6. The molecule has 0 spiro atoms. The zero-order chi connectivity index (χ0) is 19.3. The first kappa shape index (κ1) is 18.0. The molecular weight excluding hydrogens is 366 g/mol. The highest BCUT2D eigenvalue weighted by Gasteiger charge is 2.45. The first-order chi connectivity index (χ1) is 12.8. The second-order valence-corrected chi connectivity index (χ2v) is 8.62. The predicted molar refractivity (Wildman–Crippen MR) is 101 cm³/mol. The lowest BCUT2D eigenvalue weighted by molar-refractivity contribution is -0.139. The lowest BCUT2D eigenvalue weighted by Gasteiger charge is -2.32. The lowest BCUT2D eigenvalue weighted by Crippen LogP contribution is -2.46. The van der Waals surface area contributed by atoms with Crippen LogP contribution in [-0.4, -0.2) is 62.2 Å². The van der Waals surface area contributed by atoms with Crippen molar-refractivity contribution in [3.63, 3.8) is 0 Å². The minimum absolute atomic E-state index is 0.183. The van der Waals surface area contributed by atoms with E-state index in [1.165, 1.54) is 4.83 Å². The molecule has 0 aliphatic carbocycles. The normalized spacial score (nSPS) is 20.6. The van der Waals surface area contributed by atoms with Crippen LogP contribution in [0.15, 0.2) is 11.6 Å². The minimum Gasteiger partial charge on any atom is -0.341 e. The number of aromatic nitrogens is 2. The molecule has 2 aliphatic rings. The molecule has 2 aromatic heterocycles. The molecule has 2 aromatic rings.